The predicted octanol–water partition coefficient (Wildman–Crippen LogP) is -1.21. The number of aliphatic hydroxyl groups is 2. The lowest BCUT2D eigenvalue weighted by Crippen LogP contribution is -3.14. The molecule has 0 aromatic rings. The van der Waals surface area contributed by atoms with Crippen LogP contribution in [0.1, 0.15) is 97.8 Å². The normalized spacial score (nSPS) is 18.3. The highest BCUT2D eigenvalue weighted by molar-refractivity contribution is 6.18. The number of rotatable bonds is 38. The van der Waals surface area contributed by atoms with Gasteiger partial charge < -0.3 is 70.6 Å². The number of unbranched alkanes of at least 4 members (excludes halogenated alkanes) is 3. The van der Waals surface area contributed by atoms with Crippen LogP contribution in [-0.2, 0) is 33.5 Å². The average Bonchev–Trinajstić information content (AvgIpc) is 4.06. The van der Waals surface area contributed by atoms with E-state index in [0.717, 1.165) is 122 Å². The number of alkyl halides is 1. The van der Waals surface area contributed by atoms with Crippen LogP contribution in [0.4, 0.5) is 0 Å². The summed E-state index contributed by atoms with van der Waals surface area (Å²) in [5, 5.41) is 37.3. The number of epoxide rings is 1. The molecule has 0 bridgehead atoms. The topological polar surface area (TPSA) is 235 Å². The molecule has 2 aliphatic rings. The van der Waals surface area contributed by atoms with Gasteiger partial charge in [0, 0.05) is 90.2 Å². The zero-order valence-corrected chi connectivity index (χ0v) is 41.2. The second-order valence-corrected chi connectivity index (χ2v) is 17.7. The second kappa shape index (κ2) is 39.5. The van der Waals surface area contributed by atoms with Gasteiger partial charge in [-0.15, -0.1) is 11.6 Å². The summed E-state index contributed by atoms with van der Waals surface area (Å²) in [4.78, 5) is 70.9. The number of quaternary nitrogens is 2. The lowest BCUT2D eigenvalue weighted by atomic mass is 10.1. The fourth-order valence-corrected chi connectivity index (χ4v) is 7.22. The lowest BCUT2D eigenvalue weighted by molar-refractivity contribution is -0.970. The summed E-state index contributed by atoms with van der Waals surface area (Å²) >= 11 is 5.62. The maximum absolute atomic E-state index is 11.7. The van der Waals surface area contributed by atoms with Crippen molar-refractivity contribution in [3.63, 3.8) is 0 Å². The van der Waals surface area contributed by atoms with Gasteiger partial charge in [-0.2, -0.15) is 0 Å². The van der Waals surface area contributed by atoms with Gasteiger partial charge in [-0.3, -0.25) is 19.3 Å². The molecule has 2 heterocycles. The summed E-state index contributed by atoms with van der Waals surface area (Å²) in [6.07, 6.45) is 7.47. The van der Waals surface area contributed by atoms with Crippen LogP contribution in [0.3, 0.4) is 0 Å². The minimum absolute atomic E-state index is 0.00927. The number of ether oxygens (including phenoxy) is 1. The number of ketones is 3. The molecule has 2 saturated heterocycles. The van der Waals surface area contributed by atoms with E-state index in [1.165, 1.54) is 4.90 Å². The minimum Gasteiger partial charge on any atom is -0.391 e. The third-order valence-corrected chi connectivity index (χ3v) is 11.4. The average molecular weight is 937 g/mol. The molecule has 64 heavy (non-hydrogen) atoms. The van der Waals surface area contributed by atoms with Crippen molar-refractivity contribution in [3.8, 4) is 0 Å². The predicted molar refractivity (Wildman–Crippen MR) is 252 cm³/mol. The van der Waals surface area contributed by atoms with Gasteiger partial charge in [-0.1, -0.05) is 0 Å². The summed E-state index contributed by atoms with van der Waals surface area (Å²) in [7, 11) is 5.75. The van der Waals surface area contributed by atoms with E-state index >= 15 is 0 Å². The molecule has 3 unspecified atom stereocenters. The van der Waals surface area contributed by atoms with Gasteiger partial charge in [-0.25, -0.2) is 0 Å². The van der Waals surface area contributed by atoms with Crippen LogP contribution < -0.4 is 36.8 Å². The van der Waals surface area contributed by atoms with Crippen molar-refractivity contribution in [1.29, 1.82) is 0 Å². The number of carbonyl (C=O) groups excluding carboxylic acids is 6. The van der Waals surface area contributed by atoms with Crippen molar-refractivity contribution < 1.29 is 53.1 Å². The Morgan fingerprint density at radius 3 is 1.52 bits per heavy atom. The van der Waals surface area contributed by atoms with Gasteiger partial charge in [-0.05, 0) is 80.4 Å². The Morgan fingerprint density at radius 2 is 1.08 bits per heavy atom. The smallest absolute Gasteiger partial charge is 0.220 e. The Kier molecular flexibility index (Phi) is 37.9. The molecule has 19 heteroatoms. The highest BCUT2D eigenvalue weighted by Crippen LogP contribution is 2.19. The molecular weight excluding hydrogens is 846 g/mol. The van der Waals surface area contributed by atoms with Crippen molar-refractivity contribution in [2.24, 2.45) is 0 Å². The van der Waals surface area contributed by atoms with Crippen LogP contribution in [0.5, 0.6) is 0 Å². The van der Waals surface area contributed by atoms with Crippen molar-refractivity contribution in [2.75, 3.05) is 138 Å². The van der Waals surface area contributed by atoms with Crippen molar-refractivity contribution >= 4 is 46.7 Å². The summed E-state index contributed by atoms with van der Waals surface area (Å²) in [5.74, 6) is 0.914. The van der Waals surface area contributed by atoms with Crippen molar-refractivity contribution in [1.82, 2.24) is 36.8 Å². The molecule has 2 rings (SSSR count). The number of aliphatic hydroxyl groups excluding tert-OH is 2. The number of likely N-dealkylation sites (N-methyl/N-ethyl adjacent to an activating group) is 3. The maximum atomic E-state index is 11.7. The fourth-order valence-electron chi connectivity index (χ4n) is 7.12. The van der Waals surface area contributed by atoms with Gasteiger partial charge in [0.05, 0.1) is 52.0 Å². The van der Waals surface area contributed by atoms with Crippen LogP contribution in [0.15, 0.2) is 0 Å². The molecule has 9 N–H and O–H groups in total. The van der Waals surface area contributed by atoms with Crippen LogP contribution in [0, 0.1) is 0 Å². The van der Waals surface area contributed by atoms with E-state index in [1.54, 1.807) is 20.8 Å². The Bertz CT molecular complexity index is 1280. The highest BCUT2D eigenvalue weighted by Gasteiger charge is 2.42. The first-order valence-corrected chi connectivity index (χ1v) is 24.3. The quantitative estimate of drug-likeness (QED) is 0.0153. The fraction of sp³-hybridized carbons (Fsp3) is 0.867. The van der Waals surface area contributed by atoms with E-state index in [0.29, 0.717) is 77.4 Å². The first kappa shape index (κ1) is 61.4. The molecule has 0 saturated carbocycles. The van der Waals surface area contributed by atoms with Crippen LogP contribution in [-0.4, -0.2) is 211 Å². The lowest BCUT2D eigenvalue weighted by Gasteiger charge is -2.48. The number of likely N-dealkylation sites (tertiary alicyclic amines) is 1. The van der Waals surface area contributed by atoms with Crippen molar-refractivity contribution in [3.05, 3.63) is 0 Å². The van der Waals surface area contributed by atoms with Gasteiger partial charge in [0.15, 0.2) is 6.10 Å². The molecule has 0 aromatic heterocycles. The Labute approximate surface area is 390 Å². The minimum atomic E-state index is -0.555. The number of carbonyl (C=O) groups is 6. The van der Waals surface area contributed by atoms with E-state index in [9.17, 15) is 39.0 Å². The molecule has 2 aliphatic heterocycles. The maximum Gasteiger partial charge on any atom is 0.220 e. The highest BCUT2D eigenvalue weighted by atomic mass is 35.5. The molecule has 0 spiro atoms. The van der Waals surface area contributed by atoms with Crippen molar-refractivity contribution in [2.45, 2.75) is 116 Å². The number of amides is 3. The van der Waals surface area contributed by atoms with E-state index < -0.39 is 6.10 Å². The van der Waals surface area contributed by atoms with E-state index in [1.807, 2.05) is 21.1 Å². The van der Waals surface area contributed by atoms with E-state index in [-0.39, 0.29) is 47.1 Å². The zero-order valence-electron chi connectivity index (χ0n) is 40.5. The number of hydrogen-bond acceptors (Lipinski definition) is 13. The second-order valence-electron chi connectivity index (χ2n) is 17.4. The summed E-state index contributed by atoms with van der Waals surface area (Å²) in [5.41, 5.74) is 0. The summed E-state index contributed by atoms with van der Waals surface area (Å²) < 4.78 is 6.16. The molecule has 2 fully saturated rings. The zero-order chi connectivity index (χ0) is 48.0. The standard InChI is InChI=1S/C15H30ClN3O3.2C15H29N3O3/c1-13(20)5-3-4-6-15(22)18-8-10-19(9-7-17-2)12-14(21)11-16;1-13(19)5-3-4-6-15(20)17-8-10-18(9-7-16-2)11-14-12-21-14;1-13(19)5-3-4-6-15(21)17-8-10-18(9-7-16-2)11-14(20)12-18/h14,17,21H,3-12H2,1-2H3,(H,18,22);14,16H,3-12H2,1-2H3,(H,17,20);14,16,20H,3-12H2,1-2H3/p+2. The van der Waals surface area contributed by atoms with Gasteiger partial charge in [0.1, 0.15) is 43.1 Å². The Balaban J connectivity index is 0.000000930. The Hall–Kier alpha value is -2.65. The molecule has 3 amide bonds. The number of nitrogens with zero attached hydrogens (tertiary/aromatic N) is 2. The summed E-state index contributed by atoms with van der Waals surface area (Å²) in [6.45, 7) is 18.6. The number of halogens is 1. The third kappa shape index (κ3) is 37.6. The molecule has 18 nitrogen and oxygen atoms in total. The molecular formula is C45H90ClN9O9+2. The largest absolute Gasteiger partial charge is 0.391 e. The number of Topliss-reactive ketones (excluding diaryl/α,β-unsaturated/α-hetero) is 3. The Morgan fingerprint density at radius 1 is 0.656 bits per heavy atom. The first-order chi connectivity index (χ1) is 30.6. The molecule has 0 radical (unpaired) electrons. The molecule has 0 aromatic carbocycles. The van der Waals surface area contributed by atoms with Gasteiger partial charge in [0.25, 0.3) is 0 Å². The molecule has 3 atom stereocenters. The van der Waals surface area contributed by atoms with E-state index in [2.05, 4.69) is 36.8 Å². The monoisotopic (exact) mass is 936 g/mol. The van der Waals surface area contributed by atoms with Gasteiger partial charge >= 0.3 is 0 Å². The number of hydrogen-bond donors (Lipinski definition) is 9. The summed E-state index contributed by atoms with van der Waals surface area (Å²) in [6, 6.07) is 0. The molecule has 374 valence electrons. The van der Waals surface area contributed by atoms with Crippen LogP contribution in [0.25, 0.3) is 0 Å². The number of nitrogens with one attached hydrogen (secondary N) is 7. The van der Waals surface area contributed by atoms with Crippen LogP contribution >= 0.6 is 11.6 Å². The molecule has 0 aliphatic carbocycles. The SMILES string of the molecule is CNCCN(CCNC(=O)CCCCC(C)=O)CC(O)CCl.CNCC[N+]1(CCNC(=O)CCCCC(C)=O)CC(O)C1.CNCC[NH+](CCNC(=O)CCCCC(C)=O)CC1CO1. The third-order valence-electron chi connectivity index (χ3n) is 11.0. The van der Waals surface area contributed by atoms with E-state index in [4.69, 9.17) is 16.3 Å². The first-order valence-electron chi connectivity index (χ1n) is 23.7. The van der Waals surface area contributed by atoms with Gasteiger partial charge in [0.2, 0.25) is 17.7 Å². The van der Waals surface area contributed by atoms with Crippen LogP contribution in [0.2, 0.25) is 0 Å².